The molecule has 46 heavy (non-hydrogen) atoms. The van der Waals surface area contributed by atoms with Crippen LogP contribution in [0.3, 0.4) is 0 Å². The minimum absolute atomic E-state index is 0.0698. The zero-order valence-corrected chi connectivity index (χ0v) is 27.5. The number of aromatic nitrogens is 3. The predicted octanol–water partition coefficient (Wildman–Crippen LogP) is 5.52. The van der Waals surface area contributed by atoms with Crippen LogP contribution >= 0.6 is 0 Å². The molecule has 2 saturated heterocycles. The van der Waals surface area contributed by atoms with Crippen LogP contribution in [0.25, 0.3) is 10.9 Å². The van der Waals surface area contributed by atoms with Crippen molar-refractivity contribution in [2.45, 2.75) is 83.7 Å². The van der Waals surface area contributed by atoms with E-state index in [0.717, 1.165) is 74.3 Å². The fraction of sp³-hybridized carbons (Fsp3) is 0.486. The number of piperazine rings is 1. The first-order valence-corrected chi connectivity index (χ1v) is 16.9. The lowest BCUT2D eigenvalue weighted by molar-refractivity contribution is 0.0431. The van der Waals surface area contributed by atoms with E-state index >= 15 is 4.39 Å². The highest BCUT2D eigenvalue weighted by Crippen LogP contribution is 2.39. The minimum atomic E-state index is -0.317. The molecular weight excluding hydrogens is 577 g/mol. The molecule has 1 aliphatic carbocycles. The van der Waals surface area contributed by atoms with Crippen molar-refractivity contribution in [1.82, 2.24) is 29.7 Å². The number of likely N-dealkylation sites (tertiary alicyclic amines) is 1. The van der Waals surface area contributed by atoms with Gasteiger partial charge in [-0.2, -0.15) is 0 Å². The highest BCUT2D eigenvalue weighted by atomic mass is 19.1. The molecule has 1 N–H and O–H groups in total. The van der Waals surface area contributed by atoms with Gasteiger partial charge in [-0.05, 0) is 102 Å². The molecule has 3 atom stereocenters. The molecule has 0 bridgehead atoms. The lowest BCUT2D eigenvalue weighted by atomic mass is 9.89. The Bertz CT molecular complexity index is 1770. The van der Waals surface area contributed by atoms with Gasteiger partial charge in [0.25, 0.3) is 0 Å². The van der Waals surface area contributed by atoms with Crippen LogP contribution in [0.1, 0.15) is 72.8 Å². The molecule has 242 valence electrons. The van der Waals surface area contributed by atoms with Gasteiger partial charge in [-0.3, -0.25) is 24.6 Å². The van der Waals surface area contributed by atoms with Crippen molar-refractivity contribution < 1.29 is 4.39 Å². The van der Waals surface area contributed by atoms with E-state index < -0.39 is 0 Å². The van der Waals surface area contributed by atoms with E-state index in [-0.39, 0.29) is 29.4 Å². The molecule has 1 unspecified atom stereocenters. The molecule has 3 fully saturated rings. The maximum Gasteiger partial charge on any atom is 0.193 e. The van der Waals surface area contributed by atoms with Gasteiger partial charge in [0.15, 0.2) is 5.43 Å². The Balaban J connectivity index is 1.31. The second kappa shape index (κ2) is 12.9. The average Bonchev–Trinajstić information content (AvgIpc) is 3.88. The number of nitrogens with zero attached hydrogens (tertiary/aromatic N) is 6. The van der Waals surface area contributed by atoms with Crippen molar-refractivity contribution in [3.8, 4) is 0 Å². The Labute approximate surface area is 271 Å². The van der Waals surface area contributed by atoms with Crippen LogP contribution in [0.15, 0.2) is 59.8 Å². The SMILES string of the molecule is Cc1ccc(C2[C@@H](N(Cc3ccnc(C)c3)Cc3cn(C4CC4)c4cc(N5CCN[C@H](C)C5)c(F)cc4c3=O)CCCN2C)cn1. The molecule has 1 saturated carbocycles. The van der Waals surface area contributed by atoms with Crippen LogP contribution < -0.4 is 15.6 Å². The highest BCUT2D eigenvalue weighted by Gasteiger charge is 2.36. The quantitative estimate of drug-likeness (QED) is 0.277. The zero-order chi connectivity index (χ0) is 31.9. The largest absolute Gasteiger partial charge is 0.366 e. The first-order chi connectivity index (χ1) is 22.2. The third-order valence-electron chi connectivity index (χ3n) is 10.1. The fourth-order valence-corrected chi connectivity index (χ4v) is 7.68. The Morgan fingerprint density at radius 3 is 2.61 bits per heavy atom. The number of piperidine rings is 1. The van der Waals surface area contributed by atoms with E-state index in [1.54, 1.807) is 0 Å². The molecule has 5 heterocycles. The molecule has 7 rings (SSSR count). The van der Waals surface area contributed by atoms with Crippen LogP contribution in [0.2, 0.25) is 0 Å². The van der Waals surface area contributed by atoms with Gasteiger partial charge in [0, 0.05) is 91.8 Å². The van der Waals surface area contributed by atoms with E-state index in [2.05, 4.69) is 79.0 Å². The maximum atomic E-state index is 15.8. The average molecular weight is 624 g/mol. The number of halogens is 1. The van der Waals surface area contributed by atoms with Crippen molar-refractivity contribution in [3.05, 3.63) is 99.1 Å². The molecule has 4 aromatic rings. The lowest BCUT2D eigenvalue weighted by Crippen LogP contribution is -2.49. The number of benzene rings is 1. The number of anilines is 1. The molecule has 1 aromatic carbocycles. The van der Waals surface area contributed by atoms with Gasteiger partial charge in [0.05, 0.1) is 17.2 Å². The number of aryl methyl sites for hydroxylation is 2. The van der Waals surface area contributed by atoms with Crippen molar-refractivity contribution >= 4 is 16.6 Å². The Morgan fingerprint density at radius 2 is 1.87 bits per heavy atom. The van der Waals surface area contributed by atoms with Crippen LogP contribution in [-0.2, 0) is 13.1 Å². The standard InChI is InChI=1S/C37H46FN7O/c1-24-7-8-28(19-41-24)36-33(6-5-14-42(36)4)44(21-27-11-12-39-25(2)16-27)22-29-23-45(30-9-10-30)34-18-35(32(38)17-31(34)37(29)46)43-15-13-40-26(3)20-43/h7-8,11-12,16-19,23,26,30,33,36,40H,5-6,9-10,13-15,20-22H2,1-4H3/t26-,33+,36?/m1/s1. The summed E-state index contributed by atoms with van der Waals surface area (Å²) in [5.41, 5.74) is 6.44. The van der Waals surface area contributed by atoms with Crippen LogP contribution in [0.4, 0.5) is 10.1 Å². The van der Waals surface area contributed by atoms with Gasteiger partial charge in [-0.1, -0.05) is 6.07 Å². The Morgan fingerprint density at radius 1 is 1.02 bits per heavy atom. The summed E-state index contributed by atoms with van der Waals surface area (Å²) in [6.07, 6.45) is 10.2. The van der Waals surface area contributed by atoms with Gasteiger partial charge in [-0.25, -0.2) is 4.39 Å². The van der Waals surface area contributed by atoms with E-state index in [1.165, 1.54) is 17.2 Å². The normalized spacial score (nSPS) is 22.6. The third-order valence-corrected chi connectivity index (χ3v) is 10.1. The number of hydrogen-bond acceptors (Lipinski definition) is 7. The van der Waals surface area contributed by atoms with Crippen LogP contribution in [0.5, 0.6) is 0 Å². The number of hydrogen-bond donors (Lipinski definition) is 1. The fourth-order valence-electron chi connectivity index (χ4n) is 7.68. The molecule has 0 radical (unpaired) electrons. The Hall–Kier alpha value is -3.66. The number of likely N-dealkylation sites (N-methyl/N-ethyl adjacent to an activating group) is 1. The van der Waals surface area contributed by atoms with E-state index in [1.807, 2.05) is 32.3 Å². The number of pyridine rings is 3. The Kier molecular flexibility index (Phi) is 8.65. The summed E-state index contributed by atoms with van der Waals surface area (Å²) in [7, 11) is 2.20. The summed E-state index contributed by atoms with van der Waals surface area (Å²) in [6, 6.07) is 12.9. The van der Waals surface area contributed by atoms with Crippen LogP contribution in [-0.4, -0.2) is 69.6 Å². The monoisotopic (exact) mass is 623 g/mol. The summed E-state index contributed by atoms with van der Waals surface area (Å²) in [6.45, 7) is 10.6. The minimum Gasteiger partial charge on any atom is -0.366 e. The summed E-state index contributed by atoms with van der Waals surface area (Å²) in [4.78, 5) is 30.4. The summed E-state index contributed by atoms with van der Waals surface area (Å²) in [5, 5.41) is 3.92. The molecule has 0 spiro atoms. The van der Waals surface area contributed by atoms with Crippen molar-refractivity contribution in [2.75, 3.05) is 38.1 Å². The summed E-state index contributed by atoms with van der Waals surface area (Å²) < 4.78 is 18.1. The molecular formula is C37H46FN7O. The first-order valence-electron chi connectivity index (χ1n) is 16.9. The van der Waals surface area contributed by atoms with E-state index in [0.29, 0.717) is 30.2 Å². The third kappa shape index (κ3) is 6.33. The van der Waals surface area contributed by atoms with Crippen molar-refractivity contribution in [3.63, 3.8) is 0 Å². The molecule has 0 amide bonds. The van der Waals surface area contributed by atoms with E-state index in [9.17, 15) is 4.79 Å². The first kappa shape index (κ1) is 31.0. The van der Waals surface area contributed by atoms with Gasteiger partial charge >= 0.3 is 0 Å². The predicted molar refractivity (Wildman–Crippen MR) is 182 cm³/mol. The second-order valence-corrected chi connectivity index (χ2v) is 13.8. The van der Waals surface area contributed by atoms with Gasteiger partial charge in [0.1, 0.15) is 5.82 Å². The molecule has 3 aromatic heterocycles. The zero-order valence-electron chi connectivity index (χ0n) is 27.5. The molecule has 9 heteroatoms. The van der Waals surface area contributed by atoms with Crippen molar-refractivity contribution in [1.29, 1.82) is 0 Å². The van der Waals surface area contributed by atoms with Crippen molar-refractivity contribution in [2.24, 2.45) is 0 Å². The molecule has 3 aliphatic rings. The maximum absolute atomic E-state index is 15.8. The topological polar surface area (TPSA) is 69.5 Å². The number of fused-ring (bicyclic) bond motifs is 1. The lowest BCUT2D eigenvalue weighted by Gasteiger charge is -2.45. The van der Waals surface area contributed by atoms with Gasteiger partial charge in [0.2, 0.25) is 0 Å². The smallest absolute Gasteiger partial charge is 0.193 e. The molecule has 8 nitrogen and oxygen atoms in total. The summed E-state index contributed by atoms with van der Waals surface area (Å²) >= 11 is 0. The van der Waals surface area contributed by atoms with Gasteiger partial charge < -0.3 is 14.8 Å². The van der Waals surface area contributed by atoms with Crippen LogP contribution in [0, 0.1) is 19.7 Å². The van der Waals surface area contributed by atoms with E-state index in [4.69, 9.17) is 0 Å². The van der Waals surface area contributed by atoms with Gasteiger partial charge in [-0.15, -0.1) is 0 Å². The summed E-state index contributed by atoms with van der Waals surface area (Å²) in [5.74, 6) is -0.317. The number of rotatable bonds is 8. The second-order valence-electron chi connectivity index (χ2n) is 13.8. The molecule has 2 aliphatic heterocycles. The number of nitrogens with one attached hydrogen (secondary N) is 1. The highest BCUT2D eigenvalue weighted by molar-refractivity contribution is 5.84.